The molecule has 0 saturated heterocycles. The average Bonchev–Trinajstić information content (AvgIpc) is 3.37. The Hall–Kier alpha value is -2.93. The molecule has 1 aliphatic carbocycles. The molecule has 0 unspecified atom stereocenters. The fraction of sp³-hybridized carbons (Fsp3) is 0.400. The number of halogens is 5. The number of ether oxygens (including phenoxy) is 1. The maximum atomic E-state index is 16.6. The average molecular weight is 517 g/mol. The zero-order valence-corrected chi connectivity index (χ0v) is 20.7. The van der Waals surface area contributed by atoms with Crippen molar-refractivity contribution in [3.63, 3.8) is 0 Å². The molecule has 2 atom stereocenters. The van der Waals surface area contributed by atoms with E-state index in [0.29, 0.717) is 28.0 Å². The standard InChI is InChI=1S/C30H29F5O2/c1-29(2)16-23(36)27-24(37-29)15-22(17-5-3-4-6-17)26(25(27)18-9-13-21(31)14-10-18)28(32)19-7-11-20(12-8-19)30(33,34)35/h7-15,17,23,28,36H,3-6,16H2,1-2H3/t23-,28-/m0/s1. The van der Waals surface area contributed by atoms with E-state index in [-0.39, 0.29) is 17.9 Å². The van der Waals surface area contributed by atoms with Crippen molar-refractivity contribution < 1.29 is 31.8 Å². The van der Waals surface area contributed by atoms with Crippen LogP contribution >= 0.6 is 0 Å². The van der Waals surface area contributed by atoms with Gasteiger partial charge < -0.3 is 9.84 Å². The molecule has 2 aliphatic rings. The minimum Gasteiger partial charge on any atom is -0.487 e. The lowest BCUT2D eigenvalue weighted by molar-refractivity contribution is -0.137. The summed E-state index contributed by atoms with van der Waals surface area (Å²) in [6.07, 6.45) is -3.31. The molecule has 196 valence electrons. The second-order valence-corrected chi connectivity index (χ2v) is 10.7. The molecule has 3 aromatic carbocycles. The molecule has 3 aromatic rings. The van der Waals surface area contributed by atoms with Gasteiger partial charge in [-0.2, -0.15) is 13.2 Å². The van der Waals surface area contributed by atoms with Crippen LogP contribution in [-0.4, -0.2) is 10.7 Å². The van der Waals surface area contributed by atoms with Gasteiger partial charge in [0.25, 0.3) is 0 Å². The maximum Gasteiger partial charge on any atom is 0.416 e. The van der Waals surface area contributed by atoms with Gasteiger partial charge in [-0.05, 0) is 85.2 Å². The van der Waals surface area contributed by atoms with Crippen LogP contribution in [0.2, 0.25) is 0 Å². The normalized spacial score (nSPS) is 20.4. The molecule has 1 N–H and O–H groups in total. The Balaban J connectivity index is 1.77. The molecule has 5 rings (SSSR count). The lowest BCUT2D eigenvalue weighted by atomic mass is 9.78. The highest BCUT2D eigenvalue weighted by Gasteiger charge is 2.39. The van der Waals surface area contributed by atoms with E-state index < -0.39 is 35.4 Å². The van der Waals surface area contributed by atoms with Crippen molar-refractivity contribution in [1.29, 1.82) is 0 Å². The van der Waals surface area contributed by atoms with E-state index in [1.807, 2.05) is 19.9 Å². The highest BCUT2D eigenvalue weighted by atomic mass is 19.4. The maximum absolute atomic E-state index is 16.6. The summed E-state index contributed by atoms with van der Waals surface area (Å²) < 4.78 is 76.2. The number of rotatable bonds is 4. The monoisotopic (exact) mass is 516 g/mol. The van der Waals surface area contributed by atoms with E-state index in [1.165, 1.54) is 12.1 Å². The summed E-state index contributed by atoms with van der Waals surface area (Å²) in [5.41, 5.74) is 0.990. The summed E-state index contributed by atoms with van der Waals surface area (Å²) >= 11 is 0. The molecule has 0 radical (unpaired) electrons. The first kappa shape index (κ1) is 25.7. The van der Waals surface area contributed by atoms with Crippen molar-refractivity contribution in [2.45, 2.75) is 75.9 Å². The highest BCUT2D eigenvalue weighted by molar-refractivity contribution is 5.78. The Bertz CT molecular complexity index is 1270. The zero-order chi connectivity index (χ0) is 26.5. The van der Waals surface area contributed by atoms with Crippen LogP contribution in [-0.2, 0) is 6.18 Å². The summed E-state index contributed by atoms with van der Waals surface area (Å²) in [6.45, 7) is 3.75. The van der Waals surface area contributed by atoms with Crippen molar-refractivity contribution in [1.82, 2.24) is 0 Å². The summed E-state index contributed by atoms with van der Waals surface area (Å²) in [7, 11) is 0. The number of alkyl halides is 4. The topological polar surface area (TPSA) is 29.5 Å². The summed E-state index contributed by atoms with van der Waals surface area (Å²) in [5, 5.41) is 11.3. The van der Waals surface area contributed by atoms with Crippen molar-refractivity contribution in [3.8, 4) is 16.9 Å². The van der Waals surface area contributed by atoms with Gasteiger partial charge in [0.05, 0.1) is 11.7 Å². The lowest BCUT2D eigenvalue weighted by Gasteiger charge is -2.38. The Kier molecular flexibility index (Phi) is 6.55. The van der Waals surface area contributed by atoms with Crippen LogP contribution in [0.3, 0.4) is 0 Å². The first-order valence-corrected chi connectivity index (χ1v) is 12.6. The van der Waals surface area contributed by atoms with Crippen LogP contribution in [0.15, 0.2) is 54.6 Å². The number of hydrogen-bond acceptors (Lipinski definition) is 2. The molecule has 37 heavy (non-hydrogen) atoms. The molecule has 0 bridgehead atoms. The smallest absolute Gasteiger partial charge is 0.416 e. The minimum atomic E-state index is -4.53. The van der Waals surface area contributed by atoms with Gasteiger partial charge in [-0.15, -0.1) is 0 Å². The quantitative estimate of drug-likeness (QED) is 0.351. The van der Waals surface area contributed by atoms with Crippen molar-refractivity contribution in [2.24, 2.45) is 0 Å². The Morgan fingerprint density at radius 1 is 0.973 bits per heavy atom. The van der Waals surface area contributed by atoms with Crippen LogP contribution in [0.4, 0.5) is 22.0 Å². The van der Waals surface area contributed by atoms with Gasteiger partial charge in [-0.3, -0.25) is 0 Å². The zero-order valence-electron chi connectivity index (χ0n) is 20.7. The first-order valence-electron chi connectivity index (χ1n) is 12.6. The minimum absolute atomic E-state index is 0.0398. The molecule has 2 nitrogen and oxygen atoms in total. The predicted octanol–water partition coefficient (Wildman–Crippen LogP) is 8.82. The number of benzene rings is 3. The van der Waals surface area contributed by atoms with Crippen LogP contribution in [0, 0.1) is 5.82 Å². The summed E-state index contributed by atoms with van der Waals surface area (Å²) in [5.74, 6) is 0.0508. The third-order valence-corrected chi connectivity index (χ3v) is 7.52. The van der Waals surface area contributed by atoms with Gasteiger partial charge in [0, 0.05) is 17.5 Å². The van der Waals surface area contributed by atoms with Crippen molar-refractivity contribution in [2.75, 3.05) is 0 Å². The van der Waals surface area contributed by atoms with Gasteiger partial charge >= 0.3 is 6.18 Å². The second kappa shape index (κ2) is 9.43. The molecule has 0 amide bonds. The molecule has 1 heterocycles. The van der Waals surface area contributed by atoms with E-state index >= 15 is 4.39 Å². The fourth-order valence-electron chi connectivity index (χ4n) is 5.81. The van der Waals surface area contributed by atoms with Crippen LogP contribution in [0.25, 0.3) is 11.1 Å². The predicted molar refractivity (Wildman–Crippen MR) is 132 cm³/mol. The van der Waals surface area contributed by atoms with E-state index in [4.69, 9.17) is 4.74 Å². The Morgan fingerprint density at radius 3 is 2.19 bits per heavy atom. The number of aliphatic hydroxyl groups is 1. The number of hydrogen-bond donors (Lipinski definition) is 1. The number of aliphatic hydroxyl groups excluding tert-OH is 1. The highest BCUT2D eigenvalue weighted by Crippen LogP contribution is 2.53. The van der Waals surface area contributed by atoms with Crippen LogP contribution in [0.5, 0.6) is 5.75 Å². The second-order valence-electron chi connectivity index (χ2n) is 10.7. The Labute approximate surface area is 213 Å². The van der Waals surface area contributed by atoms with Crippen LogP contribution in [0.1, 0.15) is 92.0 Å². The molecule has 0 spiro atoms. The van der Waals surface area contributed by atoms with Gasteiger partial charge in [0.1, 0.15) is 17.2 Å². The summed E-state index contributed by atoms with van der Waals surface area (Å²) in [6, 6.07) is 11.5. The van der Waals surface area contributed by atoms with E-state index in [1.54, 1.807) is 12.1 Å². The van der Waals surface area contributed by atoms with Gasteiger partial charge in [0.2, 0.25) is 0 Å². The fourth-order valence-corrected chi connectivity index (χ4v) is 5.81. The van der Waals surface area contributed by atoms with E-state index in [9.17, 15) is 22.7 Å². The van der Waals surface area contributed by atoms with Gasteiger partial charge in [0.15, 0.2) is 6.17 Å². The van der Waals surface area contributed by atoms with E-state index in [0.717, 1.165) is 55.5 Å². The lowest BCUT2D eigenvalue weighted by Crippen LogP contribution is -2.35. The van der Waals surface area contributed by atoms with Crippen molar-refractivity contribution in [3.05, 3.63) is 88.2 Å². The molecule has 1 aliphatic heterocycles. The molecule has 1 saturated carbocycles. The Morgan fingerprint density at radius 2 is 1.59 bits per heavy atom. The molecule has 7 heteroatoms. The molecule has 0 aromatic heterocycles. The molecular weight excluding hydrogens is 487 g/mol. The number of fused-ring (bicyclic) bond motifs is 1. The third-order valence-electron chi connectivity index (χ3n) is 7.52. The van der Waals surface area contributed by atoms with Crippen LogP contribution < -0.4 is 4.74 Å². The van der Waals surface area contributed by atoms with E-state index in [2.05, 4.69) is 0 Å². The first-order chi connectivity index (χ1) is 17.4. The SMILES string of the molecule is CC1(C)C[C@H](O)c2c(cc(C3CCCC3)c([C@@H](F)c3ccc(C(F)(F)F)cc3)c2-c2ccc(F)cc2)O1. The van der Waals surface area contributed by atoms with Gasteiger partial charge in [-0.25, -0.2) is 8.78 Å². The largest absolute Gasteiger partial charge is 0.487 e. The summed E-state index contributed by atoms with van der Waals surface area (Å²) in [4.78, 5) is 0. The molecule has 1 fully saturated rings. The van der Waals surface area contributed by atoms with Gasteiger partial charge in [-0.1, -0.05) is 37.1 Å². The molecular formula is C30H29F5O2. The third kappa shape index (κ3) is 4.98. The van der Waals surface area contributed by atoms with Crippen molar-refractivity contribution >= 4 is 0 Å².